The van der Waals surface area contributed by atoms with E-state index < -0.39 is 42.7 Å². The summed E-state index contributed by atoms with van der Waals surface area (Å²) in [6.07, 6.45) is -4.23. The fraction of sp³-hybridized carbons (Fsp3) is 0.833. The lowest BCUT2D eigenvalue weighted by atomic mass is 9.91. The first-order valence-electron chi connectivity index (χ1n) is 6.48. The topological polar surface area (TPSA) is 146 Å². The van der Waals surface area contributed by atoms with Crippen LogP contribution in [0.3, 0.4) is 0 Å². The summed E-state index contributed by atoms with van der Waals surface area (Å²) >= 11 is 0. The SMILES string of the molecule is CO[C@]1(C(=O)O)CC[C@@H](NC(C)=O)[C@H]([C@H](O)[C@H](O)CO)O1. The van der Waals surface area contributed by atoms with Crippen LogP contribution in [0.5, 0.6) is 0 Å². The second kappa shape index (κ2) is 7.14. The Bertz CT molecular complexity index is 389. The molecule has 0 spiro atoms. The number of ether oxygens (including phenoxy) is 2. The average molecular weight is 307 g/mol. The Balaban J connectivity index is 3.00. The van der Waals surface area contributed by atoms with Gasteiger partial charge in [-0.05, 0) is 6.42 Å². The van der Waals surface area contributed by atoms with Crippen molar-refractivity contribution in [1.82, 2.24) is 5.32 Å². The predicted octanol–water partition coefficient (Wildman–Crippen LogP) is -2.19. The number of methoxy groups -OCH3 is 1. The molecule has 1 amide bonds. The molecular weight excluding hydrogens is 286 g/mol. The largest absolute Gasteiger partial charge is 0.477 e. The fourth-order valence-corrected chi connectivity index (χ4v) is 2.32. The van der Waals surface area contributed by atoms with E-state index in [0.717, 1.165) is 7.11 Å². The summed E-state index contributed by atoms with van der Waals surface area (Å²) in [5.74, 6) is -3.73. The van der Waals surface area contributed by atoms with Crippen molar-refractivity contribution in [2.24, 2.45) is 0 Å². The number of aliphatic hydroxyl groups is 3. The van der Waals surface area contributed by atoms with Crippen molar-refractivity contribution in [2.75, 3.05) is 13.7 Å². The first-order chi connectivity index (χ1) is 9.77. The minimum Gasteiger partial charge on any atom is -0.477 e. The first kappa shape index (κ1) is 17.8. The van der Waals surface area contributed by atoms with Crippen LogP contribution in [-0.4, -0.2) is 76.2 Å². The molecule has 0 saturated carbocycles. The number of hydrogen-bond acceptors (Lipinski definition) is 7. The first-order valence-corrected chi connectivity index (χ1v) is 6.48. The maximum absolute atomic E-state index is 11.3. The standard InChI is InChI=1S/C12H21NO8/c1-6(15)13-7-3-4-12(20-2,11(18)19)21-10(7)9(17)8(16)5-14/h7-10,14,16-17H,3-5H2,1-2H3,(H,13,15)(H,18,19)/t7-,8-,9-,10-,12-/m1/s1. The zero-order chi connectivity index (χ0) is 16.2. The van der Waals surface area contributed by atoms with Gasteiger partial charge in [0.1, 0.15) is 18.3 Å². The smallest absolute Gasteiger partial charge is 0.364 e. The molecule has 0 bridgehead atoms. The Morgan fingerprint density at radius 1 is 1.48 bits per heavy atom. The molecule has 0 aromatic carbocycles. The van der Waals surface area contributed by atoms with Crippen molar-refractivity contribution in [2.45, 2.75) is 49.9 Å². The van der Waals surface area contributed by atoms with Crippen molar-refractivity contribution >= 4 is 11.9 Å². The van der Waals surface area contributed by atoms with Crippen LogP contribution in [0.15, 0.2) is 0 Å². The molecule has 9 heteroatoms. The summed E-state index contributed by atoms with van der Waals surface area (Å²) in [4.78, 5) is 22.5. The molecule has 21 heavy (non-hydrogen) atoms. The van der Waals surface area contributed by atoms with Gasteiger partial charge in [0.25, 0.3) is 5.79 Å². The summed E-state index contributed by atoms with van der Waals surface area (Å²) in [6.45, 7) is 0.530. The van der Waals surface area contributed by atoms with Gasteiger partial charge in [-0.15, -0.1) is 0 Å². The van der Waals surface area contributed by atoms with E-state index in [-0.39, 0.29) is 18.7 Å². The fourth-order valence-electron chi connectivity index (χ4n) is 2.32. The summed E-state index contributed by atoms with van der Waals surface area (Å²) in [5.41, 5.74) is 0. The molecule has 0 aromatic rings. The van der Waals surface area contributed by atoms with E-state index in [1.807, 2.05) is 0 Å². The third-order valence-corrected chi connectivity index (χ3v) is 3.47. The van der Waals surface area contributed by atoms with Crippen LogP contribution in [0.25, 0.3) is 0 Å². The minimum absolute atomic E-state index is 0.0395. The second-order valence-corrected chi connectivity index (χ2v) is 4.93. The van der Waals surface area contributed by atoms with E-state index in [2.05, 4.69) is 5.32 Å². The van der Waals surface area contributed by atoms with Gasteiger partial charge in [0.2, 0.25) is 5.91 Å². The highest BCUT2D eigenvalue weighted by molar-refractivity contribution is 5.76. The molecule has 9 nitrogen and oxygen atoms in total. The second-order valence-electron chi connectivity index (χ2n) is 4.93. The van der Waals surface area contributed by atoms with E-state index in [0.29, 0.717) is 0 Å². The van der Waals surface area contributed by atoms with Crippen molar-refractivity contribution in [3.63, 3.8) is 0 Å². The normalized spacial score (nSPS) is 32.2. The molecule has 1 heterocycles. The summed E-state index contributed by atoms with van der Waals surface area (Å²) in [6, 6.07) is -0.707. The van der Waals surface area contributed by atoms with Crippen molar-refractivity contribution in [3.8, 4) is 0 Å². The summed E-state index contributed by atoms with van der Waals surface area (Å²) in [5, 5.41) is 40.2. The summed E-state index contributed by atoms with van der Waals surface area (Å²) in [7, 11) is 1.15. The van der Waals surface area contributed by atoms with Gasteiger partial charge in [0.05, 0.1) is 12.6 Å². The lowest BCUT2D eigenvalue weighted by molar-refractivity contribution is -0.289. The predicted molar refractivity (Wildman–Crippen MR) is 68.2 cm³/mol. The Morgan fingerprint density at radius 2 is 2.10 bits per heavy atom. The Hall–Kier alpha value is -1.26. The molecule has 1 aliphatic heterocycles. The lowest BCUT2D eigenvalue weighted by Gasteiger charge is -2.43. The maximum Gasteiger partial charge on any atom is 0.364 e. The number of aliphatic carboxylic acids is 1. The van der Waals surface area contributed by atoms with Gasteiger partial charge in [-0.25, -0.2) is 4.79 Å². The van der Waals surface area contributed by atoms with Crippen LogP contribution < -0.4 is 5.32 Å². The maximum atomic E-state index is 11.3. The van der Waals surface area contributed by atoms with E-state index in [9.17, 15) is 24.9 Å². The number of carboxylic acids is 1. The Labute approximate surface area is 121 Å². The van der Waals surface area contributed by atoms with E-state index in [1.165, 1.54) is 6.92 Å². The molecule has 1 aliphatic rings. The molecule has 0 unspecified atom stereocenters. The molecule has 1 saturated heterocycles. The van der Waals surface area contributed by atoms with Gasteiger partial charge >= 0.3 is 5.97 Å². The summed E-state index contributed by atoms with van der Waals surface area (Å²) < 4.78 is 10.2. The zero-order valence-electron chi connectivity index (χ0n) is 11.9. The highest BCUT2D eigenvalue weighted by Crippen LogP contribution is 2.32. The minimum atomic E-state index is -1.96. The Kier molecular flexibility index (Phi) is 6.05. The van der Waals surface area contributed by atoms with Crippen LogP contribution in [0, 0.1) is 0 Å². The van der Waals surface area contributed by atoms with Crippen molar-refractivity contribution < 1.29 is 39.5 Å². The number of carbonyl (C=O) groups excluding carboxylic acids is 1. The van der Waals surface area contributed by atoms with Gasteiger partial charge in [0.15, 0.2) is 0 Å². The molecule has 5 N–H and O–H groups in total. The van der Waals surface area contributed by atoms with Crippen molar-refractivity contribution in [1.29, 1.82) is 0 Å². The molecule has 0 radical (unpaired) electrons. The molecule has 1 rings (SSSR count). The number of aliphatic hydroxyl groups excluding tert-OH is 3. The highest BCUT2D eigenvalue weighted by atomic mass is 16.7. The number of hydrogen-bond donors (Lipinski definition) is 5. The molecule has 0 aromatic heterocycles. The molecule has 122 valence electrons. The molecular formula is C12H21NO8. The Morgan fingerprint density at radius 3 is 2.52 bits per heavy atom. The van der Waals surface area contributed by atoms with Gasteiger partial charge in [-0.3, -0.25) is 4.79 Å². The van der Waals surface area contributed by atoms with E-state index >= 15 is 0 Å². The van der Waals surface area contributed by atoms with Crippen molar-refractivity contribution in [3.05, 3.63) is 0 Å². The van der Waals surface area contributed by atoms with Crippen LogP contribution >= 0.6 is 0 Å². The number of carbonyl (C=O) groups is 2. The van der Waals surface area contributed by atoms with Crippen LogP contribution in [0.1, 0.15) is 19.8 Å². The quantitative estimate of drug-likeness (QED) is 0.372. The number of nitrogens with one attached hydrogen (secondary N) is 1. The van der Waals surface area contributed by atoms with Crippen LogP contribution in [0.2, 0.25) is 0 Å². The van der Waals surface area contributed by atoms with Crippen LogP contribution in [-0.2, 0) is 19.1 Å². The van der Waals surface area contributed by atoms with Gasteiger partial charge in [-0.1, -0.05) is 0 Å². The van der Waals surface area contributed by atoms with Crippen LogP contribution in [0.4, 0.5) is 0 Å². The lowest BCUT2D eigenvalue weighted by Crippen LogP contribution is -2.62. The van der Waals surface area contributed by atoms with Gasteiger partial charge < -0.3 is 35.2 Å². The number of rotatable bonds is 6. The average Bonchev–Trinajstić information content (AvgIpc) is 2.45. The van der Waals surface area contributed by atoms with E-state index in [1.54, 1.807) is 0 Å². The molecule has 5 atom stereocenters. The third-order valence-electron chi connectivity index (χ3n) is 3.47. The number of amides is 1. The zero-order valence-corrected chi connectivity index (χ0v) is 11.9. The van der Waals surface area contributed by atoms with E-state index in [4.69, 9.17) is 14.6 Å². The van der Waals surface area contributed by atoms with Gasteiger partial charge in [-0.2, -0.15) is 0 Å². The van der Waals surface area contributed by atoms with Gasteiger partial charge in [0, 0.05) is 20.5 Å². The highest BCUT2D eigenvalue weighted by Gasteiger charge is 2.51. The molecule has 0 aliphatic carbocycles. The monoisotopic (exact) mass is 307 g/mol. The number of carboxylic acid groups (broad SMARTS) is 1. The molecule has 1 fully saturated rings. The third kappa shape index (κ3) is 3.89.